The molecule has 0 atom stereocenters. The molecule has 0 aliphatic rings. The molecule has 0 fully saturated rings. The summed E-state index contributed by atoms with van der Waals surface area (Å²) in [4.78, 5) is 19.7. The summed E-state index contributed by atoms with van der Waals surface area (Å²) in [6.07, 6.45) is 3.00. The molecule has 0 aliphatic heterocycles. The normalized spacial score (nSPS) is 11.3. The molecular formula is C13H22N4OS. The highest BCUT2D eigenvalue weighted by Gasteiger charge is 2.10. The maximum Gasteiger partial charge on any atom is 0.220 e. The Kier molecular flexibility index (Phi) is 6.08. The van der Waals surface area contributed by atoms with E-state index in [4.69, 9.17) is 5.73 Å². The first-order valence-corrected chi connectivity index (χ1v) is 7.33. The van der Waals surface area contributed by atoms with E-state index in [2.05, 4.69) is 36.1 Å². The third kappa shape index (κ3) is 7.66. The van der Waals surface area contributed by atoms with Crippen molar-refractivity contribution >= 4 is 23.5 Å². The number of nitrogens with zero attached hydrogens (tertiary/aromatic N) is 2. The highest BCUT2D eigenvalue weighted by molar-refractivity contribution is 8.00. The van der Waals surface area contributed by atoms with Crippen LogP contribution in [0, 0.1) is 0 Å². The van der Waals surface area contributed by atoms with Gasteiger partial charge in [0.25, 0.3) is 0 Å². The van der Waals surface area contributed by atoms with Crippen molar-refractivity contribution in [1.29, 1.82) is 0 Å². The van der Waals surface area contributed by atoms with Gasteiger partial charge in [0.2, 0.25) is 5.91 Å². The molecule has 0 bridgehead atoms. The molecule has 1 heterocycles. The lowest BCUT2D eigenvalue weighted by molar-refractivity contribution is -0.121. The van der Waals surface area contributed by atoms with E-state index in [1.54, 1.807) is 12.3 Å². The Morgan fingerprint density at radius 3 is 2.84 bits per heavy atom. The first-order valence-electron chi connectivity index (χ1n) is 6.35. The van der Waals surface area contributed by atoms with Crippen molar-refractivity contribution in [3.8, 4) is 0 Å². The van der Waals surface area contributed by atoms with Gasteiger partial charge >= 0.3 is 0 Å². The van der Waals surface area contributed by atoms with Crippen molar-refractivity contribution in [3.05, 3.63) is 18.1 Å². The zero-order valence-corrected chi connectivity index (χ0v) is 12.6. The van der Waals surface area contributed by atoms with Crippen LogP contribution in [0.15, 0.2) is 12.3 Å². The number of carbonyl (C=O) groups excluding carboxylic acids is 1. The van der Waals surface area contributed by atoms with Gasteiger partial charge in [0.15, 0.2) is 0 Å². The van der Waals surface area contributed by atoms with E-state index >= 15 is 0 Å². The van der Waals surface area contributed by atoms with Crippen molar-refractivity contribution in [3.63, 3.8) is 0 Å². The molecule has 106 valence electrons. The van der Waals surface area contributed by atoms with Gasteiger partial charge in [-0.05, 0) is 18.2 Å². The number of hydrogen-bond donors (Lipinski definition) is 2. The van der Waals surface area contributed by atoms with Crippen LogP contribution in [0.3, 0.4) is 0 Å². The van der Waals surface area contributed by atoms with Gasteiger partial charge in [0.05, 0.1) is 6.54 Å². The number of anilines is 1. The summed E-state index contributed by atoms with van der Waals surface area (Å²) in [6.45, 7) is 6.86. The third-order valence-corrected chi connectivity index (χ3v) is 3.61. The summed E-state index contributed by atoms with van der Waals surface area (Å²) in [5.41, 5.74) is 5.54. The molecule has 3 N–H and O–H groups in total. The van der Waals surface area contributed by atoms with Crippen LogP contribution in [0.1, 0.15) is 39.4 Å². The van der Waals surface area contributed by atoms with Crippen LogP contribution >= 0.6 is 11.8 Å². The lowest BCUT2D eigenvalue weighted by Gasteiger charge is -2.17. The molecule has 0 spiro atoms. The molecular weight excluding hydrogens is 260 g/mol. The Morgan fingerprint density at radius 1 is 1.47 bits per heavy atom. The number of amides is 1. The standard InChI is InChI=1S/C13H22N4OS/c1-13(2,3)19-8-4-5-12(18)16-9-11-15-7-6-10(14)17-11/h6-7H,4-5,8-9H2,1-3H3,(H,16,18)(H2,14,15,17). The number of rotatable bonds is 6. The molecule has 0 aromatic carbocycles. The van der Waals surface area contributed by atoms with Crippen molar-refractivity contribution in [2.24, 2.45) is 0 Å². The monoisotopic (exact) mass is 282 g/mol. The third-order valence-electron chi connectivity index (χ3n) is 2.25. The summed E-state index contributed by atoms with van der Waals surface area (Å²) >= 11 is 1.87. The number of nitrogens with two attached hydrogens (primary N) is 1. The van der Waals surface area contributed by atoms with Crippen LogP contribution in [0.4, 0.5) is 5.82 Å². The van der Waals surface area contributed by atoms with Crippen molar-refractivity contribution in [1.82, 2.24) is 15.3 Å². The largest absolute Gasteiger partial charge is 0.384 e. The first kappa shape index (κ1) is 15.8. The Labute approximate surface area is 118 Å². The average Bonchev–Trinajstić information content (AvgIpc) is 2.31. The Hall–Kier alpha value is -1.30. The van der Waals surface area contributed by atoms with E-state index in [1.165, 1.54) is 0 Å². The summed E-state index contributed by atoms with van der Waals surface area (Å²) in [5, 5.41) is 2.80. The second-order valence-electron chi connectivity index (χ2n) is 5.24. The number of aromatic nitrogens is 2. The van der Waals surface area contributed by atoms with Crippen LogP contribution < -0.4 is 11.1 Å². The Morgan fingerprint density at radius 2 is 2.21 bits per heavy atom. The minimum Gasteiger partial charge on any atom is -0.384 e. The summed E-state index contributed by atoms with van der Waals surface area (Å²) in [6, 6.07) is 1.62. The second-order valence-corrected chi connectivity index (χ2v) is 7.16. The minimum atomic E-state index is 0.0283. The van der Waals surface area contributed by atoms with Crippen LogP contribution in [-0.2, 0) is 11.3 Å². The van der Waals surface area contributed by atoms with Gasteiger partial charge in [-0.25, -0.2) is 9.97 Å². The van der Waals surface area contributed by atoms with Gasteiger partial charge < -0.3 is 11.1 Å². The summed E-state index contributed by atoms with van der Waals surface area (Å²) in [5.74, 6) is 1.98. The van der Waals surface area contributed by atoms with Crippen LogP contribution in [0.2, 0.25) is 0 Å². The molecule has 19 heavy (non-hydrogen) atoms. The smallest absolute Gasteiger partial charge is 0.220 e. The van der Waals surface area contributed by atoms with Crippen molar-refractivity contribution in [2.75, 3.05) is 11.5 Å². The quantitative estimate of drug-likeness (QED) is 0.780. The summed E-state index contributed by atoms with van der Waals surface area (Å²) in [7, 11) is 0. The molecule has 1 aromatic heterocycles. The van der Waals surface area contributed by atoms with Crippen LogP contribution in [-0.4, -0.2) is 26.4 Å². The molecule has 0 saturated heterocycles. The van der Waals surface area contributed by atoms with E-state index in [1.807, 2.05) is 11.8 Å². The van der Waals surface area contributed by atoms with E-state index in [0.29, 0.717) is 24.6 Å². The highest BCUT2D eigenvalue weighted by Crippen LogP contribution is 2.23. The predicted octanol–water partition coefficient (Wildman–Crippen LogP) is 1.99. The van der Waals surface area contributed by atoms with E-state index < -0.39 is 0 Å². The number of nitrogens with one attached hydrogen (secondary N) is 1. The number of hydrogen-bond acceptors (Lipinski definition) is 5. The fraction of sp³-hybridized carbons (Fsp3) is 0.615. The van der Waals surface area contributed by atoms with E-state index in [0.717, 1.165) is 12.2 Å². The van der Waals surface area contributed by atoms with Gasteiger partial charge in [-0.1, -0.05) is 20.8 Å². The van der Waals surface area contributed by atoms with E-state index in [-0.39, 0.29) is 10.7 Å². The number of carbonyl (C=O) groups is 1. The summed E-state index contributed by atoms with van der Waals surface area (Å²) < 4.78 is 0.256. The zero-order chi connectivity index (χ0) is 14.3. The molecule has 0 saturated carbocycles. The van der Waals surface area contributed by atoms with Crippen LogP contribution in [0.25, 0.3) is 0 Å². The van der Waals surface area contributed by atoms with Crippen LogP contribution in [0.5, 0.6) is 0 Å². The lowest BCUT2D eigenvalue weighted by Crippen LogP contribution is -2.24. The Balaban J connectivity index is 2.18. The van der Waals surface area contributed by atoms with Gasteiger partial charge in [-0.2, -0.15) is 11.8 Å². The second kappa shape index (κ2) is 7.33. The maximum atomic E-state index is 11.6. The molecule has 0 aliphatic carbocycles. The predicted molar refractivity (Wildman–Crippen MR) is 79.7 cm³/mol. The lowest BCUT2D eigenvalue weighted by atomic mass is 10.3. The number of thioether (sulfide) groups is 1. The highest BCUT2D eigenvalue weighted by atomic mass is 32.2. The van der Waals surface area contributed by atoms with Crippen molar-refractivity contribution < 1.29 is 4.79 Å². The molecule has 1 aromatic rings. The molecule has 1 amide bonds. The first-order chi connectivity index (χ1) is 8.87. The van der Waals surface area contributed by atoms with Gasteiger partial charge in [0.1, 0.15) is 11.6 Å². The maximum absolute atomic E-state index is 11.6. The fourth-order valence-corrected chi connectivity index (χ4v) is 2.28. The topological polar surface area (TPSA) is 80.9 Å². The zero-order valence-electron chi connectivity index (χ0n) is 11.8. The van der Waals surface area contributed by atoms with Gasteiger partial charge in [-0.15, -0.1) is 0 Å². The molecule has 1 rings (SSSR count). The van der Waals surface area contributed by atoms with E-state index in [9.17, 15) is 4.79 Å². The molecule has 5 nitrogen and oxygen atoms in total. The minimum absolute atomic E-state index is 0.0283. The number of nitrogen functional groups attached to an aromatic ring is 1. The van der Waals surface area contributed by atoms with Gasteiger partial charge in [-0.3, -0.25) is 4.79 Å². The SMILES string of the molecule is CC(C)(C)SCCCC(=O)NCc1nccc(N)n1. The van der Waals surface area contributed by atoms with Crippen molar-refractivity contribution in [2.45, 2.75) is 44.9 Å². The fourth-order valence-electron chi connectivity index (χ4n) is 1.38. The molecule has 6 heteroatoms. The Bertz CT molecular complexity index is 417. The van der Waals surface area contributed by atoms with Gasteiger partial charge in [0, 0.05) is 17.4 Å². The molecule has 0 radical (unpaired) electrons. The molecule has 0 unspecified atom stereocenters. The average molecular weight is 282 g/mol.